The Morgan fingerprint density at radius 2 is 2.50 bits per heavy atom. The molecule has 0 amide bonds. The van der Waals surface area contributed by atoms with Crippen molar-refractivity contribution in [3.8, 4) is 0 Å². The van der Waals surface area contributed by atoms with Gasteiger partial charge >= 0.3 is 0 Å². The average Bonchev–Trinajstić information content (AvgIpc) is 2.89. The molecule has 1 aromatic heterocycles. The monoisotopic (exact) mass is 270 g/mol. The average molecular weight is 271 g/mol. The molecule has 0 aliphatic carbocycles. The van der Waals surface area contributed by atoms with Gasteiger partial charge in [0.25, 0.3) is 0 Å². The second-order valence-corrected chi connectivity index (χ2v) is 4.75. The third-order valence-electron chi connectivity index (χ3n) is 2.88. The maximum atomic E-state index is 5.98. The van der Waals surface area contributed by atoms with Crippen molar-refractivity contribution < 1.29 is 9.47 Å². The van der Waals surface area contributed by atoms with Crippen molar-refractivity contribution in [3.63, 3.8) is 0 Å². The van der Waals surface area contributed by atoms with Crippen LogP contribution in [0.1, 0.15) is 19.3 Å². The van der Waals surface area contributed by atoms with Crippen LogP contribution in [0.15, 0.2) is 18.5 Å². The normalized spacial score (nSPS) is 19.1. The molecule has 0 saturated carbocycles. The number of ether oxygens (including phenoxy) is 2. The number of hydrogen-bond donors (Lipinski definition) is 1. The van der Waals surface area contributed by atoms with Crippen LogP contribution in [0, 0.1) is 0 Å². The van der Waals surface area contributed by atoms with Gasteiger partial charge in [-0.3, -0.25) is 4.98 Å². The van der Waals surface area contributed by atoms with E-state index in [-0.39, 0.29) is 0 Å². The Balaban J connectivity index is 1.52. The second kappa shape index (κ2) is 7.56. The van der Waals surface area contributed by atoms with Crippen molar-refractivity contribution in [2.45, 2.75) is 25.4 Å². The van der Waals surface area contributed by atoms with Gasteiger partial charge in [-0.25, -0.2) is 0 Å². The van der Waals surface area contributed by atoms with Gasteiger partial charge in [-0.15, -0.1) is 0 Å². The first-order valence-electron chi connectivity index (χ1n) is 6.39. The Hall–Kier alpha value is -0.840. The minimum atomic E-state index is 0.313. The van der Waals surface area contributed by atoms with Crippen LogP contribution in [0.2, 0.25) is 5.02 Å². The summed E-state index contributed by atoms with van der Waals surface area (Å²) in [4.78, 5) is 3.94. The first-order chi connectivity index (χ1) is 8.86. The SMILES string of the molecule is Clc1cnccc1NCCCOCC1CCCO1. The van der Waals surface area contributed by atoms with Crippen LogP contribution in [0.5, 0.6) is 0 Å². The molecule has 0 spiro atoms. The van der Waals surface area contributed by atoms with Gasteiger partial charge in [0.1, 0.15) is 0 Å². The van der Waals surface area contributed by atoms with Crippen LogP contribution in [0.4, 0.5) is 5.69 Å². The van der Waals surface area contributed by atoms with Crippen molar-refractivity contribution in [3.05, 3.63) is 23.5 Å². The number of rotatable bonds is 7. The summed E-state index contributed by atoms with van der Waals surface area (Å²) in [5, 5.41) is 3.91. The van der Waals surface area contributed by atoms with Gasteiger partial charge in [0.15, 0.2) is 0 Å². The molecule has 1 atom stereocenters. The van der Waals surface area contributed by atoms with Crippen LogP contribution in [-0.2, 0) is 9.47 Å². The lowest BCUT2D eigenvalue weighted by Crippen LogP contribution is -2.15. The Morgan fingerprint density at radius 1 is 1.56 bits per heavy atom. The summed E-state index contributed by atoms with van der Waals surface area (Å²) in [6, 6.07) is 1.87. The first-order valence-corrected chi connectivity index (χ1v) is 6.77. The van der Waals surface area contributed by atoms with E-state index in [0.29, 0.717) is 11.1 Å². The molecular formula is C13H19ClN2O2. The summed E-state index contributed by atoms with van der Waals surface area (Å²) in [5.74, 6) is 0. The zero-order valence-corrected chi connectivity index (χ0v) is 11.2. The molecule has 2 heterocycles. The van der Waals surface area contributed by atoms with Gasteiger partial charge < -0.3 is 14.8 Å². The van der Waals surface area contributed by atoms with Gasteiger partial charge in [0.2, 0.25) is 0 Å². The minimum absolute atomic E-state index is 0.313. The zero-order valence-electron chi connectivity index (χ0n) is 10.4. The van der Waals surface area contributed by atoms with E-state index in [9.17, 15) is 0 Å². The molecule has 5 heteroatoms. The van der Waals surface area contributed by atoms with Gasteiger partial charge in [-0.2, -0.15) is 0 Å². The van der Waals surface area contributed by atoms with E-state index in [1.165, 1.54) is 0 Å². The maximum Gasteiger partial charge on any atom is 0.0820 e. The largest absolute Gasteiger partial charge is 0.384 e. The third kappa shape index (κ3) is 4.44. The van der Waals surface area contributed by atoms with E-state index in [4.69, 9.17) is 21.1 Å². The molecule has 1 fully saturated rings. The smallest absolute Gasteiger partial charge is 0.0820 e. The fourth-order valence-corrected chi connectivity index (χ4v) is 2.09. The number of hydrogen-bond acceptors (Lipinski definition) is 4. The predicted molar refractivity (Wildman–Crippen MR) is 72.1 cm³/mol. The number of anilines is 1. The zero-order chi connectivity index (χ0) is 12.6. The van der Waals surface area contributed by atoms with Crippen LogP contribution < -0.4 is 5.32 Å². The molecule has 4 nitrogen and oxygen atoms in total. The lowest BCUT2D eigenvalue weighted by molar-refractivity contribution is 0.0172. The summed E-state index contributed by atoms with van der Waals surface area (Å²) in [6.45, 7) is 3.19. The molecule has 0 aromatic carbocycles. The molecule has 1 saturated heterocycles. The molecule has 1 aromatic rings. The summed E-state index contributed by atoms with van der Waals surface area (Å²) in [5.41, 5.74) is 0.922. The molecular weight excluding hydrogens is 252 g/mol. The first kappa shape index (κ1) is 13.6. The number of halogens is 1. The van der Waals surface area contributed by atoms with Gasteiger partial charge in [0.05, 0.1) is 23.4 Å². The van der Waals surface area contributed by atoms with Gasteiger partial charge in [0, 0.05) is 32.2 Å². The Morgan fingerprint density at radius 3 is 3.28 bits per heavy atom. The topological polar surface area (TPSA) is 43.4 Å². The molecule has 1 aliphatic rings. The summed E-state index contributed by atoms with van der Waals surface area (Å²) in [6.07, 6.45) is 6.92. The van der Waals surface area contributed by atoms with E-state index in [0.717, 1.165) is 51.3 Å². The Bertz CT molecular complexity index is 357. The van der Waals surface area contributed by atoms with Gasteiger partial charge in [-0.05, 0) is 25.3 Å². The van der Waals surface area contributed by atoms with Crippen molar-refractivity contribution in [2.75, 3.05) is 31.7 Å². The van der Waals surface area contributed by atoms with E-state index in [1.54, 1.807) is 12.4 Å². The number of pyridine rings is 1. The molecule has 0 radical (unpaired) electrons. The molecule has 18 heavy (non-hydrogen) atoms. The highest BCUT2D eigenvalue weighted by atomic mass is 35.5. The van der Waals surface area contributed by atoms with E-state index in [1.807, 2.05) is 6.07 Å². The lowest BCUT2D eigenvalue weighted by atomic mass is 10.2. The molecule has 2 rings (SSSR count). The van der Waals surface area contributed by atoms with E-state index < -0.39 is 0 Å². The maximum absolute atomic E-state index is 5.98. The van der Waals surface area contributed by atoms with Crippen LogP contribution in [0.3, 0.4) is 0 Å². The Labute approximate surface area is 113 Å². The third-order valence-corrected chi connectivity index (χ3v) is 3.18. The fourth-order valence-electron chi connectivity index (χ4n) is 1.91. The van der Waals surface area contributed by atoms with Crippen LogP contribution >= 0.6 is 11.6 Å². The van der Waals surface area contributed by atoms with Crippen molar-refractivity contribution in [1.29, 1.82) is 0 Å². The molecule has 1 N–H and O–H groups in total. The number of nitrogens with zero attached hydrogens (tertiary/aromatic N) is 1. The molecule has 0 bridgehead atoms. The van der Waals surface area contributed by atoms with Crippen molar-refractivity contribution in [1.82, 2.24) is 4.98 Å². The summed E-state index contributed by atoms with van der Waals surface area (Å²) < 4.78 is 11.1. The lowest BCUT2D eigenvalue weighted by Gasteiger charge is -2.11. The predicted octanol–water partition coefficient (Wildman–Crippen LogP) is 2.73. The number of aromatic nitrogens is 1. The van der Waals surface area contributed by atoms with Crippen LogP contribution in [-0.4, -0.2) is 37.5 Å². The highest BCUT2D eigenvalue weighted by Gasteiger charge is 2.14. The summed E-state index contributed by atoms with van der Waals surface area (Å²) >= 11 is 5.98. The summed E-state index contributed by atoms with van der Waals surface area (Å²) in [7, 11) is 0. The fraction of sp³-hybridized carbons (Fsp3) is 0.615. The highest BCUT2D eigenvalue weighted by molar-refractivity contribution is 6.33. The van der Waals surface area contributed by atoms with E-state index in [2.05, 4.69) is 10.3 Å². The minimum Gasteiger partial charge on any atom is -0.384 e. The quantitative estimate of drug-likeness (QED) is 0.774. The van der Waals surface area contributed by atoms with Crippen molar-refractivity contribution >= 4 is 17.3 Å². The van der Waals surface area contributed by atoms with E-state index >= 15 is 0 Å². The van der Waals surface area contributed by atoms with Gasteiger partial charge in [-0.1, -0.05) is 11.6 Å². The van der Waals surface area contributed by atoms with Crippen LogP contribution in [0.25, 0.3) is 0 Å². The molecule has 100 valence electrons. The molecule has 1 aliphatic heterocycles. The molecule has 1 unspecified atom stereocenters. The van der Waals surface area contributed by atoms with Crippen molar-refractivity contribution in [2.24, 2.45) is 0 Å². The highest BCUT2D eigenvalue weighted by Crippen LogP contribution is 2.18. The Kier molecular flexibility index (Phi) is 5.71. The second-order valence-electron chi connectivity index (χ2n) is 4.35. The standard InChI is InChI=1S/C13H19ClN2O2/c14-12-9-15-6-4-13(12)16-5-2-7-17-10-11-3-1-8-18-11/h4,6,9,11H,1-3,5,7-8,10H2,(H,15,16). The number of nitrogens with one attached hydrogen (secondary N) is 1.